The van der Waals surface area contributed by atoms with Gasteiger partial charge in [0.15, 0.2) is 11.5 Å². The summed E-state index contributed by atoms with van der Waals surface area (Å²) in [5.41, 5.74) is 11.6. The molecule has 11 heteroatoms. The van der Waals surface area contributed by atoms with Crippen LogP contribution in [0.4, 0.5) is 5.82 Å². The second-order valence-corrected chi connectivity index (χ2v) is 8.23. The van der Waals surface area contributed by atoms with Crippen molar-refractivity contribution in [3.63, 3.8) is 0 Å². The maximum Gasteiger partial charge on any atom is 0.253 e. The number of nitrogens with zero attached hydrogens (tertiary/aromatic N) is 6. The summed E-state index contributed by atoms with van der Waals surface area (Å²) in [6.45, 7) is 4.37. The van der Waals surface area contributed by atoms with Crippen LogP contribution in [-0.2, 0) is 13.1 Å². The summed E-state index contributed by atoms with van der Waals surface area (Å²) in [5.74, 6) is 0.132. The van der Waals surface area contributed by atoms with E-state index in [9.17, 15) is 4.79 Å². The van der Waals surface area contributed by atoms with E-state index in [1.807, 2.05) is 22.8 Å². The number of anilines is 1. The highest BCUT2D eigenvalue weighted by Crippen LogP contribution is 2.26. The van der Waals surface area contributed by atoms with Gasteiger partial charge in [0.25, 0.3) is 5.91 Å². The SMILES string of the molecule is Cc1cc(C(=O)NCc2cc3cc(Cl)cc(Cn4cnc5c(N)ncnc54)c3[nH]2)c(C)nn1. The second-order valence-electron chi connectivity index (χ2n) is 7.79. The van der Waals surface area contributed by atoms with Gasteiger partial charge in [-0.15, -0.1) is 0 Å². The number of H-pyrrole nitrogens is 1. The number of amides is 1. The molecule has 5 rings (SSSR count). The number of aromatic nitrogens is 7. The summed E-state index contributed by atoms with van der Waals surface area (Å²) in [6.07, 6.45) is 3.10. The molecule has 0 aliphatic heterocycles. The first-order chi connectivity index (χ1) is 15.9. The number of hydrogen-bond donors (Lipinski definition) is 3. The molecule has 4 N–H and O–H groups in total. The molecule has 10 nitrogen and oxygen atoms in total. The Hall–Kier alpha value is -4.05. The fourth-order valence-electron chi connectivity index (χ4n) is 3.81. The maximum absolute atomic E-state index is 12.6. The number of nitrogen functional groups attached to an aromatic ring is 1. The van der Waals surface area contributed by atoms with Crippen LogP contribution >= 0.6 is 11.6 Å². The quantitative estimate of drug-likeness (QED) is 0.365. The van der Waals surface area contributed by atoms with Crippen LogP contribution in [0.2, 0.25) is 5.02 Å². The zero-order chi connectivity index (χ0) is 23.1. The molecule has 0 aliphatic carbocycles. The molecule has 0 radical (unpaired) electrons. The molecule has 4 heterocycles. The molecule has 0 saturated carbocycles. The van der Waals surface area contributed by atoms with Crippen molar-refractivity contribution in [3.05, 3.63) is 70.2 Å². The predicted octanol–water partition coefficient (Wildman–Crippen LogP) is 2.93. The van der Waals surface area contributed by atoms with Crippen molar-refractivity contribution < 1.29 is 4.79 Å². The zero-order valence-corrected chi connectivity index (χ0v) is 18.7. The van der Waals surface area contributed by atoms with Gasteiger partial charge in [0.1, 0.15) is 11.8 Å². The number of nitrogens with two attached hydrogens (primary N) is 1. The van der Waals surface area contributed by atoms with Gasteiger partial charge < -0.3 is 20.6 Å². The lowest BCUT2D eigenvalue weighted by Gasteiger charge is -2.07. The summed E-state index contributed by atoms with van der Waals surface area (Å²) in [4.78, 5) is 28.7. The molecule has 4 aromatic heterocycles. The smallest absolute Gasteiger partial charge is 0.253 e. The van der Waals surface area contributed by atoms with E-state index in [0.717, 1.165) is 22.2 Å². The van der Waals surface area contributed by atoms with Gasteiger partial charge in [-0.25, -0.2) is 15.0 Å². The number of carbonyl (C=O) groups is 1. The van der Waals surface area contributed by atoms with Gasteiger partial charge >= 0.3 is 0 Å². The number of carbonyl (C=O) groups excluding carboxylic acids is 1. The summed E-state index contributed by atoms with van der Waals surface area (Å²) in [5, 5.41) is 12.5. The number of nitrogens with one attached hydrogen (secondary N) is 2. The predicted molar refractivity (Wildman–Crippen MR) is 125 cm³/mol. The third kappa shape index (κ3) is 3.96. The van der Waals surface area contributed by atoms with Crippen molar-refractivity contribution >= 4 is 45.4 Å². The van der Waals surface area contributed by atoms with Crippen LogP contribution in [0, 0.1) is 13.8 Å². The Morgan fingerprint density at radius 1 is 1.15 bits per heavy atom. The molecule has 1 amide bonds. The van der Waals surface area contributed by atoms with E-state index in [2.05, 4.69) is 35.5 Å². The molecular formula is C22H20ClN9O. The topological polar surface area (TPSA) is 140 Å². The first-order valence-corrected chi connectivity index (χ1v) is 10.6. The normalized spacial score (nSPS) is 11.4. The van der Waals surface area contributed by atoms with E-state index in [-0.39, 0.29) is 5.91 Å². The van der Waals surface area contributed by atoms with Gasteiger partial charge in [0.05, 0.1) is 41.9 Å². The van der Waals surface area contributed by atoms with Crippen molar-refractivity contribution in [2.75, 3.05) is 5.73 Å². The van der Waals surface area contributed by atoms with E-state index in [1.54, 1.807) is 26.2 Å². The number of hydrogen-bond acceptors (Lipinski definition) is 7. The number of aryl methyl sites for hydroxylation is 2. The molecular weight excluding hydrogens is 442 g/mol. The van der Waals surface area contributed by atoms with Gasteiger partial charge in [0.2, 0.25) is 0 Å². The molecule has 0 atom stereocenters. The Labute approximate surface area is 193 Å². The fourth-order valence-corrected chi connectivity index (χ4v) is 4.05. The largest absolute Gasteiger partial charge is 0.382 e. The van der Waals surface area contributed by atoms with Crippen LogP contribution in [0.1, 0.15) is 33.0 Å². The molecule has 1 aromatic carbocycles. The first kappa shape index (κ1) is 20.8. The Morgan fingerprint density at radius 3 is 2.85 bits per heavy atom. The van der Waals surface area contributed by atoms with Crippen LogP contribution in [-0.4, -0.2) is 40.6 Å². The van der Waals surface area contributed by atoms with Crippen molar-refractivity contribution in [2.24, 2.45) is 0 Å². The number of rotatable bonds is 5. The minimum Gasteiger partial charge on any atom is -0.382 e. The summed E-state index contributed by atoms with van der Waals surface area (Å²) in [7, 11) is 0. The van der Waals surface area contributed by atoms with Crippen LogP contribution in [0.15, 0.2) is 36.9 Å². The molecule has 0 aliphatic rings. The van der Waals surface area contributed by atoms with E-state index in [1.165, 1.54) is 6.33 Å². The molecule has 0 spiro atoms. The molecule has 5 aromatic rings. The van der Waals surface area contributed by atoms with E-state index in [0.29, 0.717) is 52.0 Å². The molecule has 166 valence electrons. The van der Waals surface area contributed by atoms with Crippen LogP contribution in [0.3, 0.4) is 0 Å². The van der Waals surface area contributed by atoms with Gasteiger partial charge in [0, 0.05) is 16.1 Å². The van der Waals surface area contributed by atoms with Crippen molar-refractivity contribution in [2.45, 2.75) is 26.9 Å². The van der Waals surface area contributed by atoms with Crippen LogP contribution in [0.25, 0.3) is 22.1 Å². The molecule has 0 unspecified atom stereocenters. The highest BCUT2D eigenvalue weighted by atomic mass is 35.5. The first-order valence-electron chi connectivity index (χ1n) is 10.2. The fraction of sp³-hybridized carbons (Fsp3) is 0.182. The Kier molecular flexibility index (Phi) is 5.14. The Morgan fingerprint density at radius 2 is 2.00 bits per heavy atom. The average Bonchev–Trinajstić information content (AvgIpc) is 3.38. The lowest BCUT2D eigenvalue weighted by atomic mass is 10.1. The van der Waals surface area contributed by atoms with Gasteiger partial charge in [-0.1, -0.05) is 11.6 Å². The third-order valence-corrected chi connectivity index (χ3v) is 5.60. The maximum atomic E-state index is 12.6. The van der Waals surface area contributed by atoms with Gasteiger partial charge in [-0.05, 0) is 43.7 Å². The summed E-state index contributed by atoms with van der Waals surface area (Å²) < 4.78 is 1.89. The Bertz CT molecular complexity index is 1520. The molecule has 0 saturated heterocycles. The lowest BCUT2D eigenvalue weighted by molar-refractivity contribution is 0.0949. The summed E-state index contributed by atoms with van der Waals surface area (Å²) >= 11 is 6.39. The van der Waals surface area contributed by atoms with Crippen molar-refractivity contribution in [1.82, 2.24) is 40.0 Å². The van der Waals surface area contributed by atoms with Crippen molar-refractivity contribution in [1.29, 1.82) is 0 Å². The Balaban J connectivity index is 1.42. The number of halogens is 1. The highest BCUT2D eigenvalue weighted by molar-refractivity contribution is 6.31. The average molecular weight is 462 g/mol. The number of imidazole rings is 1. The standard InChI is InChI=1S/C22H20ClN9O/c1-11-3-17(12(2)31-30-11)22(33)25-7-16-6-13-4-15(23)5-14(18(13)29-16)8-32-10-28-19-20(24)26-9-27-21(19)32/h3-6,9-10,29H,7-8H2,1-2H3,(H,25,33)(H2,24,26,27). The number of benzene rings is 1. The molecule has 0 bridgehead atoms. The van der Waals surface area contributed by atoms with Crippen LogP contribution < -0.4 is 11.1 Å². The molecule has 0 fully saturated rings. The van der Waals surface area contributed by atoms with Gasteiger partial charge in [-0.2, -0.15) is 10.2 Å². The minimum absolute atomic E-state index is 0.204. The second kappa shape index (κ2) is 8.14. The number of fused-ring (bicyclic) bond motifs is 2. The van der Waals surface area contributed by atoms with E-state index < -0.39 is 0 Å². The summed E-state index contributed by atoms with van der Waals surface area (Å²) in [6, 6.07) is 7.48. The zero-order valence-electron chi connectivity index (χ0n) is 17.9. The van der Waals surface area contributed by atoms with Crippen LogP contribution in [0.5, 0.6) is 0 Å². The van der Waals surface area contributed by atoms with E-state index in [4.69, 9.17) is 17.3 Å². The third-order valence-electron chi connectivity index (χ3n) is 5.39. The van der Waals surface area contributed by atoms with E-state index >= 15 is 0 Å². The number of aromatic amines is 1. The molecule has 33 heavy (non-hydrogen) atoms. The highest BCUT2D eigenvalue weighted by Gasteiger charge is 2.14. The monoisotopic (exact) mass is 461 g/mol. The van der Waals surface area contributed by atoms with Crippen molar-refractivity contribution in [3.8, 4) is 0 Å². The lowest BCUT2D eigenvalue weighted by Crippen LogP contribution is -2.24. The minimum atomic E-state index is -0.204. The van der Waals surface area contributed by atoms with Gasteiger partial charge in [-0.3, -0.25) is 4.79 Å².